The number of hydrogen-bond acceptors (Lipinski definition) is 5. The number of amides is 2. The van der Waals surface area contributed by atoms with Gasteiger partial charge in [-0.1, -0.05) is 0 Å². The molecular formula is C8H14N4O3. The number of hydrogen-bond donors (Lipinski definition) is 3. The molecule has 0 aromatic carbocycles. The van der Waals surface area contributed by atoms with Gasteiger partial charge in [-0.2, -0.15) is 5.26 Å². The summed E-state index contributed by atoms with van der Waals surface area (Å²) < 4.78 is 4.84. The summed E-state index contributed by atoms with van der Waals surface area (Å²) in [6.07, 6.45) is 0. The van der Waals surface area contributed by atoms with E-state index in [9.17, 15) is 9.59 Å². The van der Waals surface area contributed by atoms with Gasteiger partial charge in [0.1, 0.15) is 13.2 Å². The summed E-state index contributed by atoms with van der Waals surface area (Å²) in [7, 11) is 0. The van der Waals surface area contributed by atoms with Gasteiger partial charge in [-0.15, -0.1) is 0 Å². The molecule has 0 aliphatic heterocycles. The van der Waals surface area contributed by atoms with Crippen LogP contribution in [0.2, 0.25) is 0 Å². The molecule has 15 heavy (non-hydrogen) atoms. The zero-order valence-electron chi connectivity index (χ0n) is 8.28. The predicted octanol–water partition coefficient (Wildman–Crippen LogP) is -2.28. The van der Waals surface area contributed by atoms with Gasteiger partial charge in [0.15, 0.2) is 0 Å². The summed E-state index contributed by atoms with van der Waals surface area (Å²) in [5, 5.41) is 13.3. The Labute approximate surface area is 87.6 Å². The van der Waals surface area contributed by atoms with Crippen molar-refractivity contribution in [1.82, 2.24) is 10.6 Å². The van der Waals surface area contributed by atoms with E-state index < -0.39 is 5.91 Å². The highest BCUT2D eigenvalue weighted by Gasteiger charge is 1.98. The molecule has 0 aromatic rings. The van der Waals surface area contributed by atoms with Gasteiger partial charge in [-0.3, -0.25) is 9.59 Å². The van der Waals surface area contributed by atoms with Crippen LogP contribution in [-0.2, 0) is 14.3 Å². The Morgan fingerprint density at radius 3 is 2.80 bits per heavy atom. The number of primary amides is 1. The van der Waals surface area contributed by atoms with E-state index in [0.717, 1.165) is 0 Å². The zero-order valence-corrected chi connectivity index (χ0v) is 8.28. The van der Waals surface area contributed by atoms with Gasteiger partial charge in [0.05, 0.1) is 19.2 Å². The van der Waals surface area contributed by atoms with Gasteiger partial charge in [-0.25, -0.2) is 0 Å². The van der Waals surface area contributed by atoms with Crippen LogP contribution in [0.15, 0.2) is 0 Å². The summed E-state index contributed by atoms with van der Waals surface area (Å²) in [5.74, 6) is -0.784. The Morgan fingerprint density at radius 1 is 1.47 bits per heavy atom. The third-order valence-corrected chi connectivity index (χ3v) is 1.32. The molecule has 0 aliphatic carbocycles. The molecule has 0 fully saturated rings. The summed E-state index contributed by atoms with van der Waals surface area (Å²) in [6, 6.07) is 1.79. The second-order valence-corrected chi connectivity index (χ2v) is 2.63. The fraction of sp³-hybridized carbons (Fsp3) is 0.625. The minimum absolute atomic E-state index is 0.00130. The second kappa shape index (κ2) is 8.93. The van der Waals surface area contributed by atoms with E-state index in [1.807, 2.05) is 0 Å². The number of carbonyl (C=O) groups is 2. The fourth-order valence-corrected chi connectivity index (χ4v) is 0.720. The first-order chi connectivity index (χ1) is 7.16. The van der Waals surface area contributed by atoms with Crippen LogP contribution in [0.3, 0.4) is 0 Å². The van der Waals surface area contributed by atoms with Gasteiger partial charge in [0, 0.05) is 6.54 Å². The number of nitrogens with one attached hydrogen (secondary N) is 2. The third-order valence-electron chi connectivity index (χ3n) is 1.32. The highest BCUT2D eigenvalue weighted by molar-refractivity contribution is 5.78. The van der Waals surface area contributed by atoms with Crippen LogP contribution >= 0.6 is 0 Å². The van der Waals surface area contributed by atoms with Crippen LogP contribution in [-0.4, -0.2) is 44.7 Å². The van der Waals surface area contributed by atoms with Crippen molar-refractivity contribution in [2.45, 2.75) is 0 Å². The van der Waals surface area contributed by atoms with Crippen molar-refractivity contribution in [3.05, 3.63) is 0 Å². The topological polar surface area (TPSA) is 117 Å². The molecule has 0 heterocycles. The second-order valence-electron chi connectivity index (χ2n) is 2.63. The lowest BCUT2D eigenvalue weighted by atomic mass is 10.5. The average molecular weight is 214 g/mol. The smallest absolute Gasteiger partial charge is 0.243 e. The van der Waals surface area contributed by atoms with Crippen molar-refractivity contribution in [2.24, 2.45) is 5.73 Å². The van der Waals surface area contributed by atoms with E-state index in [1.165, 1.54) is 0 Å². The monoisotopic (exact) mass is 214 g/mol. The molecule has 0 saturated heterocycles. The van der Waals surface area contributed by atoms with E-state index in [1.54, 1.807) is 6.07 Å². The maximum Gasteiger partial charge on any atom is 0.243 e. The molecule has 0 aromatic heterocycles. The molecule has 0 unspecified atom stereocenters. The number of nitriles is 1. The van der Waals surface area contributed by atoms with Gasteiger partial charge < -0.3 is 21.1 Å². The molecule has 7 heteroatoms. The maximum absolute atomic E-state index is 10.9. The molecule has 84 valence electrons. The first kappa shape index (κ1) is 13.4. The molecule has 7 nitrogen and oxygen atoms in total. The third kappa shape index (κ3) is 10.3. The first-order valence-electron chi connectivity index (χ1n) is 4.37. The summed E-state index contributed by atoms with van der Waals surface area (Å²) >= 11 is 0. The lowest BCUT2D eigenvalue weighted by molar-refractivity contribution is -0.123. The first-order valence-corrected chi connectivity index (χ1v) is 4.37. The lowest BCUT2D eigenvalue weighted by Gasteiger charge is -2.04. The Bertz CT molecular complexity index is 249. The Balaban J connectivity index is 3.20. The van der Waals surface area contributed by atoms with Gasteiger partial charge in [0.25, 0.3) is 0 Å². The summed E-state index contributed by atoms with van der Waals surface area (Å²) in [4.78, 5) is 21.1. The lowest BCUT2D eigenvalue weighted by Crippen LogP contribution is -2.35. The number of nitrogens with two attached hydrogens (primary N) is 1. The van der Waals surface area contributed by atoms with Crippen molar-refractivity contribution < 1.29 is 14.3 Å². The van der Waals surface area contributed by atoms with Crippen LogP contribution in [0, 0.1) is 11.3 Å². The number of ether oxygens (including phenoxy) is 1. The predicted molar refractivity (Wildman–Crippen MR) is 51.5 cm³/mol. The largest absolute Gasteiger partial charge is 0.370 e. The van der Waals surface area contributed by atoms with Gasteiger partial charge in [0.2, 0.25) is 11.8 Å². The van der Waals surface area contributed by atoms with Crippen LogP contribution in [0.4, 0.5) is 0 Å². The SMILES string of the molecule is N#CCNC(=O)CNCCOCC(N)=O. The van der Waals surface area contributed by atoms with Crippen LogP contribution in [0.1, 0.15) is 0 Å². The minimum atomic E-state index is -0.526. The van der Waals surface area contributed by atoms with E-state index >= 15 is 0 Å². The van der Waals surface area contributed by atoms with Crippen LogP contribution < -0.4 is 16.4 Å². The van der Waals surface area contributed by atoms with Crippen molar-refractivity contribution in [2.75, 3.05) is 32.8 Å². The number of nitrogens with zero attached hydrogens (tertiary/aromatic N) is 1. The zero-order chi connectivity index (χ0) is 11.5. The van der Waals surface area contributed by atoms with Crippen LogP contribution in [0.25, 0.3) is 0 Å². The normalized spacial score (nSPS) is 9.27. The average Bonchev–Trinajstić information content (AvgIpc) is 2.19. The Kier molecular flexibility index (Phi) is 7.94. The molecule has 2 amide bonds. The van der Waals surface area contributed by atoms with Gasteiger partial charge >= 0.3 is 0 Å². The van der Waals surface area contributed by atoms with Crippen molar-refractivity contribution >= 4 is 11.8 Å². The van der Waals surface area contributed by atoms with Crippen molar-refractivity contribution in [3.8, 4) is 6.07 Å². The molecule has 0 saturated carbocycles. The van der Waals surface area contributed by atoms with Gasteiger partial charge in [-0.05, 0) is 0 Å². The molecule has 0 spiro atoms. The Hall–Kier alpha value is -1.65. The highest BCUT2D eigenvalue weighted by Crippen LogP contribution is 1.72. The molecule has 0 rings (SSSR count). The molecule has 4 N–H and O–H groups in total. The molecule has 0 radical (unpaired) electrons. The number of rotatable bonds is 8. The Morgan fingerprint density at radius 2 is 2.20 bits per heavy atom. The van der Waals surface area contributed by atoms with E-state index in [0.29, 0.717) is 13.2 Å². The number of carbonyl (C=O) groups excluding carboxylic acids is 2. The van der Waals surface area contributed by atoms with Crippen molar-refractivity contribution in [1.29, 1.82) is 5.26 Å². The standard InChI is InChI=1S/C8H14N4O3/c9-1-2-12-8(14)5-11-3-4-15-6-7(10)13/h11H,2-6H2,(H2,10,13)(H,12,14). The minimum Gasteiger partial charge on any atom is -0.370 e. The van der Waals surface area contributed by atoms with E-state index in [-0.39, 0.29) is 25.6 Å². The fourth-order valence-electron chi connectivity index (χ4n) is 0.720. The maximum atomic E-state index is 10.9. The van der Waals surface area contributed by atoms with E-state index in [2.05, 4.69) is 10.6 Å². The van der Waals surface area contributed by atoms with Crippen LogP contribution in [0.5, 0.6) is 0 Å². The molecule has 0 atom stereocenters. The van der Waals surface area contributed by atoms with E-state index in [4.69, 9.17) is 15.7 Å². The summed E-state index contributed by atoms with van der Waals surface area (Å²) in [5.41, 5.74) is 4.83. The summed E-state index contributed by atoms with van der Waals surface area (Å²) in [6.45, 7) is 0.727. The molecule has 0 bridgehead atoms. The van der Waals surface area contributed by atoms with Crippen molar-refractivity contribution in [3.63, 3.8) is 0 Å². The molecule has 0 aliphatic rings. The molecular weight excluding hydrogens is 200 g/mol. The quantitative estimate of drug-likeness (QED) is 0.311. The highest BCUT2D eigenvalue weighted by atomic mass is 16.5.